The summed E-state index contributed by atoms with van der Waals surface area (Å²) in [5, 5.41) is 0. The maximum Gasteiger partial charge on any atom is 0.253 e. The van der Waals surface area contributed by atoms with Crippen molar-refractivity contribution in [3.8, 4) is 22.3 Å². The van der Waals surface area contributed by atoms with Gasteiger partial charge in [0.2, 0.25) is 20.0 Å². The molecule has 2 N–H and O–H groups in total. The van der Waals surface area contributed by atoms with Gasteiger partial charge in [0.15, 0.2) is 0 Å². The largest absolute Gasteiger partial charge is 0.321 e. The first-order chi connectivity index (χ1) is 30.1. The molecule has 0 spiro atoms. The second-order valence-corrected chi connectivity index (χ2v) is 19.9. The molecule has 2 atom stereocenters. The average Bonchev–Trinajstić information content (AvgIpc) is 3.76. The van der Waals surface area contributed by atoms with E-state index >= 15 is 0 Å². The number of hydrogen-bond donors (Lipinski definition) is 2. The van der Waals surface area contributed by atoms with E-state index in [9.17, 15) is 26.4 Å². The highest BCUT2D eigenvalue weighted by Crippen LogP contribution is 2.36. The predicted molar refractivity (Wildman–Crippen MR) is 257 cm³/mol. The number of pyridine rings is 2. The molecule has 0 aliphatic rings. The van der Waals surface area contributed by atoms with E-state index in [0.29, 0.717) is 33.5 Å². The molecule has 4 aromatic carbocycles. The normalized spacial score (nSPS) is 12.8. The van der Waals surface area contributed by atoms with Crippen LogP contribution in [0.2, 0.25) is 0 Å². The summed E-state index contributed by atoms with van der Waals surface area (Å²) in [6.45, 7) is 11.6. The van der Waals surface area contributed by atoms with Crippen molar-refractivity contribution in [3.05, 3.63) is 164 Å². The lowest BCUT2D eigenvalue weighted by atomic mass is 10.0. The average molecular weight is 901 g/mol. The molecule has 0 unspecified atom stereocenters. The van der Waals surface area contributed by atoms with Gasteiger partial charge in [-0.1, -0.05) is 60.7 Å². The Labute approximate surface area is 373 Å². The number of aromatic nitrogens is 6. The van der Waals surface area contributed by atoms with Gasteiger partial charge in [0.25, 0.3) is 11.1 Å². The van der Waals surface area contributed by atoms with Crippen molar-refractivity contribution in [3.63, 3.8) is 0 Å². The summed E-state index contributed by atoms with van der Waals surface area (Å²) in [5.74, 6) is 1.56. The van der Waals surface area contributed by atoms with Gasteiger partial charge < -0.3 is 18.3 Å². The lowest BCUT2D eigenvalue weighted by Crippen LogP contribution is -2.18. The quantitative estimate of drug-likeness (QED) is 0.139. The Kier molecular flexibility index (Phi) is 12.3. The van der Waals surface area contributed by atoms with Crippen molar-refractivity contribution < 1.29 is 16.8 Å². The van der Waals surface area contributed by atoms with Crippen LogP contribution in [-0.2, 0) is 34.1 Å². The molecule has 0 aliphatic heterocycles. The van der Waals surface area contributed by atoms with Gasteiger partial charge in [-0.25, -0.2) is 26.8 Å². The highest BCUT2D eigenvalue weighted by Gasteiger charge is 2.22. The zero-order valence-corrected chi connectivity index (χ0v) is 39.1. The molecule has 0 aliphatic carbocycles. The summed E-state index contributed by atoms with van der Waals surface area (Å²) < 4.78 is 60.9. The van der Waals surface area contributed by atoms with Crippen LogP contribution in [0.15, 0.2) is 119 Å². The monoisotopic (exact) mass is 900 g/mol. The van der Waals surface area contributed by atoms with E-state index in [1.165, 1.54) is 9.13 Å². The van der Waals surface area contributed by atoms with E-state index in [4.69, 9.17) is 9.97 Å². The van der Waals surface area contributed by atoms with Crippen molar-refractivity contribution in [1.29, 1.82) is 0 Å². The highest BCUT2D eigenvalue weighted by atomic mass is 32.2. The minimum absolute atomic E-state index is 0.00982. The highest BCUT2D eigenvalue weighted by molar-refractivity contribution is 7.92. The Morgan fingerprint density at radius 2 is 0.859 bits per heavy atom. The van der Waals surface area contributed by atoms with Crippen LogP contribution < -0.4 is 20.6 Å². The molecule has 8 aromatic rings. The molecule has 8 rings (SSSR count). The number of hydrogen-bond acceptors (Lipinski definition) is 8. The summed E-state index contributed by atoms with van der Waals surface area (Å²) >= 11 is 0. The molecular formula is C48H52N8O6S2. The van der Waals surface area contributed by atoms with Crippen LogP contribution in [0.1, 0.15) is 59.8 Å². The van der Waals surface area contributed by atoms with Crippen molar-refractivity contribution in [2.45, 2.75) is 53.6 Å². The third kappa shape index (κ3) is 9.43. The van der Waals surface area contributed by atoms with Gasteiger partial charge in [-0.2, -0.15) is 0 Å². The number of benzene rings is 4. The van der Waals surface area contributed by atoms with E-state index in [0.717, 1.165) is 68.6 Å². The molecule has 4 aromatic heterocycles. The van der Waals surface area contributed by atoms with E-state index in [1.54, 1.807) is 52.5 Å². The fourth-order valence-corrected chi connectivity index (χ4v) is 9.43. The lowest BCUT2D eigenvalue weighted by molar-refractivity contribution is 0.605. The Morgan fingerprint density at radius 1 is 0.516 bits per heavy atom. The third-order valence-electron chi connectivity index (χ3n) is 11.3. The Morgan fingerprint density at radius 3 is 1.17 bits per heavy atom. The number of anilines is 2. The molecule has 0 bridgehead atoms. The minimum Gasteiger partial charge on any atom is -0.321 e. The molecule has 16 heteroatoms. The van der Waals surface area contributed by atoms with Crippen LogP contribution in [0.3, 0.4) is 0 Å². The van der Waals surface area contributed by atoms with Crippen molar-refractivity contribution in [2.75, 3.05) is 22.0 Å². The lowest BCUT2D eigenvalue weighted by Gasteiger charge is -2.18. The van der Waals surface area contributed by atoms with Gasteiger partial charge in [-0.05, 0) is 111 Å². The Balaban J connectivity index is 0.000000191. The fourth-order valence-electron chi connectivity index (χ4n) is 8.32. The van der Waals surface area contributed by atoms with Crippen LogP contribution in [-0.4, -0.2) is 57.6 Å². The molecule has 0 radical (unpaired) electrons. The predicted octanol–water partition coefficient (Wildman–Crippen LogP) is 8.00. The Bertz CT molecular complexity index is 3150. The van der Waals surface area contributed by atoms with Gasteiger partial charge >= 0.3 is 0 Å². The third-order valence-corrected chi connectivity index (χ3v) is 12.4. The topological polar surface area (TPSA) is 172 Å². The number of sulfonamides is 2. The van der Waals surface area contributed by atoms with Crippen LogP contribution in [0.25, 0.3) is 44.3 Å². The summed E-state index contributed by atoms with van der Waals surface area (Å²) in [6, 6.07) is 31.3. The molecule has 4 heterocycles. The maximum absolute atomic E-state index is 12.2. The molecule has 332 valence electrons. The number of aryl methyl sites for hydroxylation is 6. The van der Waals surface area contributed by atoms with Crippen LogP contribution in [0.5, 0.6) is 0 Å². The molecule has 0 amide bonds. The van der Waals surface area contributed by atoms with Gasteiger partial charge in [-0.15, -0.1) is 0 Å². The zero-order valence-electron chi connectivity index (χ0n) is 37.5. The first kappa shape index (κ1) is 45.3. The number of rotatable bonds is 10. The zero-order chi connectivity index (χ0) is 46.4. The standard InChI is InChI=1S/2C24H26N4O3S/c2*1-15-11-20(14-27(4)24(15)29)19-12-21(26-32(5,30)31)23-22(13-19)28(17(3)25-23)16(2)18-9-7-6-8-10-18/h2*6-14,16,26H,1-5H3/t2*16-/m10/s1. The summed E-state index contributed by atoms with van der Waals surface area (Å²) in [6.07, 6.45) is 5.76. The van der Waals surface area contributed by atoms with Crippen LogP contribution in [0.4, 0.5) is 11.4 Å². The van der Waals surface area contributed by atoms with Crippen molar-refractivity contribution in [2.24, 2.45) is 14.1 Å². The molecular weight excluding hydrogens is 849 g/mol. The fraction of sp³-hybridized carbons (Fsp3) is 0.250. The second-order valence-electron chi connectivity index (χ2n) is 16.4. The first-order valence-electron chi connectivity index (χ1n) is 20.6. The van der Waals surface area contributed by atoms with Crippen LogP contribution >= 0.6 is 0 Å². The van der Waals surface area contributed by atoms with Gasteiger partial charge in [0.1, 0.15) is 22.7 Å². The van der Waals surface area contributed by atoms with E-state index in [1.807, 2.05) is 74.5 Å². The number of nitrogens with zero attached hydrogens (tertiary/aromatic N) is 6. The molecule has 14 nitrogen and oxygen atoms in total. The van der Waals surface area contributed by atoms with Crippen molar-refractivity contribution >= 4 is 53.5 Å². The minimum atomic E-state index is -3.52. The first-order valence-corrected chi connectivity index (χ1v) is 24.3. The van der Waals surface area contributed by atoms with Gasteiger partial charge in [0, 0.05) is 37.6 Å². The number of nitrogens with one attached hydrogen (secondary N) is 2. The summed E-state index contributed by atoms with van der Waals surface area (Å²) in [5.41, 5.74) is 10.2. The van der Waals surface area contributed by atoms with Gasteiger partial charge in [0.05, 0.1) is 47.0 Å². The summed E-state index contributed by atoms with van der Waals surface area (Å²) in [4.78, 5) is 33.8. The molecule has 64 heavy (non-hydrogen) atoms. The van der Waals surface area contributed by atoms with E-state index < -0.39 is 20.0 Å². The molecule has 0 saturated carbocycles. The second kappa shape index (κ2) is 17.4. The maximum atomic E-state index is 12.2. The van der Waals surface area contributed by atoms with E-state index in [-0.39, 0.29) is 23.2 Å². The number of fused-ring (bicyclic) bond motifs is 2. The van der Waals surface area contributed by atoms with Crippen molar-refractivity contribution in [1.82, 2.24) is 28.2 Å². The molecule has 0 saturated heterocycles. The van der Waals surface area contributed by atoms with Gasteiger partial charge in [-0.3, -0.25) is 19.0 Å². The molecule has 0 fully saturated rings. The SMILES string of the molecule is Cc1cc(-c2cc(NS(C)(=O)=O)c3nc(C)n([C@@H](C)c4ccccc4)c3c2)cn(C)c1=O.Cc1cc(-c2cc(NS(C)(=O)=O)c3nc(C)n([C@H](C)c4ccccc4)c3c2)cn(C)c1=O. The summed E-state index contributed by atoms with van der Waals surface area (Å²) in [7, 11) is -3.63. The Hall–Kier alpha value is -6.78. The van der Waals surface area contributed by atoms with Crippen LogP contribution in [0, 0.1) is 27.7 Å². The smallest absolute Gasteiger partial charge is 0.253 e. The number of imidazole rings is 2. The van der Waals surface area contributed by atoms with E-state index in [2.05, 4.69) is 56.7 Å².